The Hall–Kier alpha value is -2.62. The van der Waals surface area contributed by atoms with Crippen LogP contribution in [0.1, 0.15) is 23.7 Å². The van der Waals surface area contributed by atoms with Crippen LogP contribution >= 0.6 is 0 Å². The van der Waals surface area contributed by atoms with Gasteiger partial charge in [-0.3, -0.25) is 9.78 Å². The molecule has 20 heavy (non-hydrogen) atoms. The van der Waals surface area contributed by atoms with Gasteiger partial charge < -0.3 is 10.4 Å². The summed E-state index contributed by atoms with van der Waals surface area (Å²) in [6, 6.07) is 10.3. The topological polar surface area (TPSA) is 62.2 Å². The van der Waals surface area contributed by atoms with E-state index in [1.807, 2.05) is 13.0 Å². The molecule has 0 aliphatic heterocycles. The van der Waals surface area contributed by atoms with Crippen molar-refractivity contribution in [2.45, 2.75) is 13.3 Å². The molecule has 0 fully saturated rings. The van der Waals surface area contributed by atoms with Crippen molar-refractivity contribution in [3.63, 3.8) is 0 Å². The number of carbonyl (C=O) groups excluding carboxylic acids is 1. The summed E-state index contributed by atoms with van der Waals surface area (Å²) in [6.07, 6.45) is 5.37. The van der Waals surface area contributed by atoms with Crippen LogP contribution < -0.4 is 5.32 Å². The van der Waals surface area contributed by atoms with E-state index in [2.05, 4.69) is 10.3 Å². The highest BCUT2D eigenvalue weighted by Gasteiger charge is 2.06. The number of aromatic nitrogens is 1. The highest BCUT2D eigenvalue weighted by Crippen LogP contribution is 2.23. The van der Waals surface area contributed by atoms with E-state index in [0.717, 1.165) is 5.70 Å². The van der Waals surface area contributed by atoms with Crippen LogP contribution in [0, 0.1) is 0 Å². The molecule has 2 N–H and O–H groups in total. The Morgan fingerprint density at radius 3 is 2.60 bits per heavy atom. The zero-order chi connectivity index (χ0) is 14.4. The van der Waals surface area contributed by atoms with Gasteiger partial charge in [-0.15, -0.1) is 0 Å². The van der Waals surface area contributed by atoms with Crippen LogP contribution in [-0.2, 0) is 0 Å². The summed E-state index contributed by atoms with van der Waals surface area (Å²) in [5.41, 5.74) is 1.92. The van der Waals surface area contributed by atoms with Crippen LogP contribution in [0.15, 0.2) is 60.6 Å². The van der Waals surface area contributed by atoms with Gasteiger partial charge in [0.1, 0.15) is 5.75 Å². The highest BCUT2D eigenvalue weighted by atomic mass is 16.3. The average Bonchev–Trinajstić information content (AvgIpc) is 2.49. The molecule has 1 heterocycles. The number of ketones is 1. The van der Waals surface area contributed by atoms with Crippen molar-refractivity contribution in [1.82, 2.24) is 4.98 Å². The van der Waals surface area contributed by atoms with E-state index in [1.54, 1.807) is 48.8 Å². The Bertz CT molecular complexity index is 621. The number of nitrogens with zero attached hydrogens (tertiary/aromatic N) is 1. The molecular formula is C16H16N2O2. The number of rotatable bonds is 5. The molecule has 0 atom stereocenters. The SMILES string of the molecule is CCC(=CC(=O)c1ccncc1)Nc1ccccc1O. The van der Waals surface area contributed by atoms with Crippen LogP contribution in [-0.4, -0.2) is 15.9 Å². The van der Waals surface area contributed by atoms with Gasteiger partial charge in [0.05, 0.1) is 5.69 Å². The van der Waals surface area contributed by atoms with Gasteiger partial charge in [0, 0.05) is 29.7 Å². The Balaban J connectivity index is 2.18. The summed E-state index contributed by atoms with van der Waals surface area (Å²) in [6.45, 7) is 1.94. The van der Waals surface area contributed by atoms with Gasteiger partial charge in [0.2, 0.25) is 0 Å². The number of benzene rings is 1. The third-order valence-electron chi connectivity index (χ3n) is 2.85. The molecule has 0 saturated carbocycles. The number of phenols is 1. The molecule has 0 radical (unpaired) electrons. The molecule has 0 aliphatic carbocycles. The highest BCUT2D eigenvalue weighted by molar-refractivity contribution is 6.05. The van der Waals surface area contributed by atoms with Crippen molar-refractivity contribution >= 4 is 11.5 Å². The first-order chi connectivity index (χ1) is 9.70. The molecular weight excluding hydrogens is 252 g/mol. The number of hydrogen-bond acceptors (Lipinski definition) is 4. The lowest BCUT2D eigenvalue weighted by molar-refractivity contribution is 0.104. The summed E-state index contributed by atoms with van der Waals surface area (Å²) in [5, 5.41) is 12.8. The molecule has 0 unspecified atom stereocenters. The first-order valence-corrected chi connectivity index (χ1v) is 6.40. The number of phenolic OH excluding ortho intramolecular Hbond substituents is 1. The van der Waals surface area contributed by atoms with E-state index in [-0.39, 0.29) is 11.5 Å². The zero-order valence-corrected chi connectivity index (χ0v) is 11.2. The summed E-state index contributed by atoms with van der Waals surface area (Å²) < 4.78 is 0. The maximum atomic E-state index is 12.1. The Labute approximate surface area is 117 Å². The van der Waals surface area contributed by atoms with Crippen LogP contribution in [0.5, 0.6) is 5.75 Å². The van der Waals surface area contributed by atoms with Gasteiger partial charge in [0.15, 0.2) is 5.78 Å². The summed E-state index contributed by atoms with van der Waals surface area (Å²) >= 11 is 0. The van der Waals surface area contributed by atoms with Gasteiger partial charge in [0.25, 0.3) is 0 Å². The van der Waals surface area contributed by atoms with Crippen LogP contribution in [0.25, 0.3) is 0 Å². The van der Waals surface area contributed by atoms with Crippen molar-refractivity contribution in [2.75, 3.05) is 5.32 Å². The lowest BCUT2D eigenvalue weighted by Crippen LogP contribution is -2.03. The smallest absolute Gasteiger partial charge is 0.187 e. The molecule has 102 valence electrons. The molecule has 0 amide bonds. The van der Waals surface area contributed by atoms with Gasteiger partial charge in [-0.05, 0) is 30.7 Å². The predicted octanol–water partition coefficient (Wildman–Crippen LogP) is 3.38. The molecule has 0 aliphatic rings. The van der Waals surface area contributed by atoms with Crippen LogP contribution in [0.4, 0.5) is 5.69 Å². The quantitative estimate of drug-likeness (QED) is 0.496. The Morgan fingerprint density at radius 2 is 1.95 bits per heavy atom. The standard InChI is InChI=1S/C16H16N2O2/c1-2-13(18-14-5-3-4-6-15(14)19)11-16(20)12-7-9-17-10-8-12/h3-11,18-19H,2H2,1H3. The van der Waals surface area contributed by atoms with Crippen molar-refractivity contribution in [1.29, 1.82) is 0 Å². The third-order valence-corrected chi connectivity index (χ3v) is 2.85. The molecule has 0 bridgehead atoms. The molecule has 0 spiro atoms. The molecule has 2 rings (SSSR count). The van der Waals surface area contributed by atoms with E-state index >= 15 is 0 Å². The maximum absolute atomic E-state index is 12.1. The van der Waals surface area contributed by atoms with Crippen molar-refractivity contribution < 1.29 is 9.90 Å². The fraction of sp³-hybridized carbons (Fsp3) is 0.125. The Kier molecular flexibility index (Phi) is 4.50. The molecule has 1 aromatic heterocycles. The molecule has 4 nitrogen and oxygen atoms in total. The normalized spacial score (nSPS) is 11.2. The number of anilines is 1. The second kappa shape index (κ2) is 6.52. The van der Waals surface area contributed by atoms with E-state index in [4.69, 9.17) is 0 Å². The van der Waals surface area contributed by atoms with Crippen LogP contribution in [0.3, 0.4) is 0 Å². The predicted molar refractivity (Wildman–Crippen MR) is 78.7 cm³/mol. The first kappa shape index (κ1) is 13.8. The fourth-order valence-corrected chi connectivity index (χ4v) is 1.74. The van der Waals surface area contributed by atoms with Crippen molar-refractivity contribution in [3.8, 4) is 5.75 Å². The van der Waals surface area contributed by atoms with E-state index in [9.17, 15) is 9.90 Å². The maximum Gasteiger partial charge on any atom is 0.187 e. The minimum absolute atomic E-state index is 0.0906. The number of para-hydroxylation sites is 2. The van der Waals surface area contributed by atoms with Crippen LogP contribution in [0.2, 0.25) is 0 Å². The lowest BCUT2D eigenvalue weighted by Gasteiger charge is -2.10. The van der Waals surface area contributed by atoms with Crippen molar-refractivity contribution in [3.05, 3.63) is 66.1 Å². The number of allylic oxidation sites excluding steroid dienone is 2. The number of hydrogen-bond donors (Lipinski definition) is 2. The number of nitrogens with one attached hydrogen (secondary N) is 1. The van der Waals surface area contributed by atoms with E-state index in [0.29, 0.717) is 17.7 Å². The van der Waals surface area contributed by atoms with Gasteiger partial charge in [-0.1, -0.05) is 19.1 Å². The fourth-order valence-electron chi connectivity index (χ4n) is 1.74. The lowest BCUT2D eigenvalue weighted by atomic mass is 10.1. The first-order valence-electron chi connectivity index (χ1n) is 6.40. The number of aromatic hydroxyl groups is 1. The van der Waals surface area contributed by atoms with E-state index in [1.165, 1.54) is 0 Å². The number of pyridine rings is 1. The van der Waals surface area contributed by atoms with Gasteiger partial charge >= 0.3 is 0 Å². The third kappa shape index (κ3) is 3.45. The average molecular weight is 268 g/mol. The largest absolute Gasteiger partial charge is 0.506 e. The van der Waals surface area contributed by atoms with Gasteiger partial charge in [-0.2, -0.15) is 0 Å². The van der Waals surface area contributed by atoms with Crippen molar-refractivity contribution in [2.24, 2.45) is 0 Å². The second-order valence-corrected chi connectivity index (χ2v) is 4.27. The summed E-state index contributed by atoms with van der Waals surface area (Å²) in [4.78, 5) is 16.0. The minimum atomic E-state index is -0.0906. The minimum Gasteiger partial charge on any atom is -0.506 e. The number of carbonyl (C=O) groups is 1. The summed E-state index contributed by atoms with van der Waals surface area (Å²) in [5.74, 6) is 0.0652. The Morgan fingerprint density at radius 1 is 1.25 bits per heavy atom. The van der Waals surface area contributed by atoms with E-state index < -0.39 is 0 Å². The molecule has 2 aromatic rings. The summed E-state index contributed by atoms with van der Waals surface area (Å²) in [7, 11) is 0. The molecule has 4 heteroatoms. The molecule has 1 aromatic carbocycles. The monoisotopic (exact) mass is 268 g/mol. The van der Waals surface area contributed by atoms with Gasteiger partial charge in [-0.25, -0.2) is 0 Å². The second-order valence-electron chi connectivity index (χ2n) is 4.27. The molecule has 0 saturated heterocycles. The zero-order valence-electron chi connectivity index (χ0n) is 11.2.